The molecule has 1 fully saturated rings. The molecule has 1 aromatic rings. The lowest BCUT2D eigenvalue weighted by Gasteiger charge is -2.27. The first kappa shape index (κ1) is 23.7. The van der Waals surface area contributed by atoms with Crippen LogP contribution < -0.4 is 15.8 Å². The van der Waals surface area contributed by atoms with Gasteiger partial charge in [0.15, 0.2) is 0 Å². The first-order chi connectivity index (χ1) is 12.1. The Morgan fingerprint density at radius 3 is 2.33 bits per heavy atom. The van der Waals surface area contributed by atoms with E-state index in [9.17, 15) is 13.2 Å². The van der Waals surface area contributed by atoms with Crippen LogP contribution in [0.4, 0.5) is 5.69 Å². The zero-order valence-electron chi connectivity index (χ0n) is 16.3. The Balaban J connectivity index is 0.00000364. The molecular formula is C18H30ClN3O4S. The minimum Gasteiger partial charge on any atom is -0.495 e. The summed E-state index contributed by atoms with van der Waals surface area (Å²) in [5, 5.41) is 2.71. The van der Waals surface area contributed by atoms with Crippen LogP contribution in [-0.2, 0) is 14.8 Å². The van der Waals surface area contributed by atoms with Crippen LogP contribution in [0.1, 0.15) is 40.0 Å². The predicted octanol–water partition coefficient (Wildman–Crippen LogP) is 2.60. The van der Waals surface area contributed by atoms with E-state index in [0.717, 1.165) is 19.3 Å². The Labute approximate surface area is 168 Å². The van der Waals surface area contributed by atoms with Gasteiger partial charge in [-0.2, -0.15) is 4.31 Å². The van der Waals surface area contributed by atoms with Crippen molar-refractivity contribution in [3.8, 4) is 5.75 Å². The van der Waals surface area contributed by atoms with Gasteiger partial charge in [-0.15, -0.1) is 12.4 Å². The molecule has 7 nitrogen and oxygen atoms in total. The number of nitrogens with two attached hydrogens (primary N) is 1. The van der Waals surface area contributed by atoms with Crippen LogP contribution in [0.25, 0.3) is 0 Å². The Kier molecular flexibility index (Phi) is 8.10. The molecule has 0 spiro atoms. The van der Waals surface area contributed by atoms with Gasteiger partial charge in [-0.05, 0) is 36.5 Å². The van der Waals surface area contributed by atoms with E-state index in [1.807, 2.05) is 20.8 Å². The maximum atomic E-state index is 13.0. The minimum atomic E-state index is -3.69. The fourth-order valence-corrected chi connectivity index (χ4v) is 4.51. The molecule has 2 rings (SSSR count). The van der Waals surface area contributed by atoms with Gasteiger partial charge in [0.05, 0.1) is 13.2 Å². The number of carbonyl (C=O) groups excluding carboxylic acids is 1. The average Bonchev–Trinajstić information content (AvgIpc) is 2.60. The second-order valence-electron chi connectivity index (χ2n) is 7.66. The normalized spacial score (nSPS) is 16.9. The summed E-state index contributed by atoms with van der Waals surface area (Å²) < 4.78 is 32.7. The van der Waals surface area contributed by atoms with Gasteiger partial charge in [0.2, 0.25) is 15.9 Å². The van der Waals surface area contributed by atoms with Crippen LogP contribution in [0.3, 0.4) is 0 Å². The highest BCUT2D eigenvalue weighted by Crippen LogP contribution is 2.31. The highest BCUT2D eigenvalue weighted by atomic mass is 35.5. The van der Waals surface area contributed by atoms with Crippen LogP contribution in [0.5, 0.6) is 5.75 Å². The molecule has 1 aromatic carbocycles. The summed E-state index contributed by atoms with van der Waals surface area (Å²) in [4.78, 5) is 12.4. The summed E-state index contributed by atoms with van der Waals surface area (Å²) in [6.45, 7) is 6.61. The quantitative estimate of drug-likeness (QED) is 0.763. The van der Waals surface area contributed by atoms with Gasteiger partial charge < -0.3 is 15.8 Å². The fourth-order valence-electron chi connectivity index (χ4n) is 2.81. The van der Waals surface area contributed by atoms with Crippen molar-refractivity contribution in [3.05, 3.63) is 18.2 Å². The van der Waals surface area contributed by atoms with E-state index >= 15 is 0 Å². The number of halogens is 1. The summed E-state index contributed by atoms with van der Waals surface area (Å²) in [5.41, 5.74) is 5.95. The Hall–Kier alpha value is -1.35. The Morgan fingerprint density at radius 2 is 1.81 bits per heavy atom. The summed E-state index contributed by atoms with van der Waals surface area (Å²) in [6.07, 6.45) is 2.72. The zero-order chi connectivity index (χ0) is 19.5. The summed E-state index contributed by atoms with van der Waals surface area (Å²) in [6, 6.07) is 3.89. The smallest absolute Gasteiger partial charge is 0.246 e. The zero-order valence-corrected chi connectivity index (χ0v) is 18.0. The monoisotopic (exact) mass is 419 g/mol. The number of benzene rings is 1. The molecule has 9 heteroatoms. The average molecular weight is 420 g/mol. The molecule has 0 bridgehead atoms. The SMILES string of the molecule is COc1ccc(NC(=O)[C@@H](N)C(C)(C)C)cc1S(=O)(=O)N1CCCCC1.Cl. The first-order valence-electron chi connectivity index (χ1n) is 8.82. The van der Waals surface area contributed by atoms with E-state index in [4.69, 9.17) is 10.5 Å². The maximum absolute atomic E-state index is 13.0. The van der Waals surface area contributed by atoms with E-state index in [1.54, 1.807) is 12.1 Å². The molecule has 1 saturated heterocycles. The number of hydrogen-bond acceptors (Lipinski definition) is 5. The van der Waals surface area contributed by atoms with Gasteiger partial charge in [-0.25, -0.2) is 8.42 Å². The molecule has 0 unspecified atom stereocenters. The third-order valence-electron chi connectivity index (χ3n) is 4.58. The lowest BCUT2D eigenvalue weighted by molar-refractivity contribution is -0.119. The van der Waals surface area contributed by atoms with E-state index < -0.39 is 21.5 Å². The maximum Gasteiger partial charge on any atom is 0.246 e. The van der Waals surface area contributed by atoms with Gasteiger partial charge in [-0.1, -0.05) is 27.2 Å². The Bertz CT molecular complexity index is 756. The number of amides is 1. The second kappa shape index (κ2) is 9.23. The number of piperidine rings is 1. The first-order valence-corrected chi connectivity index (χ1v) is 10.3. The topological polar surface area (TPSA) is 102 Å². The fraction of sp³-hybridized carbons (Fsp3) is 0.611. The van der Waals surface area contributed by atoms with Crippen molar-refractivity contribution in [1.29, 1.82) is 0 Å². The van der Waals surface area contributed by atoms with Crippen LogP contribution in [-0.4, -0.2) is 44.9 Å². The molecule has 0 aromatic heterocycles. The van der Waals surface area contributed by atoms with E-state index in [1.165, 1.54) is 17.5 Å². The number of nitrogens with zero attached hydrogens (tertiary/aromatic N) is 1. The van der Waals surface area contributed by atoms with Crippen molar-refractivity contribution in [2.24, 2.45) is 11.1 Å². The van der Waals surface area contributed by atoms with Crippen molar-refractivity contribution in [3.63, 3.8) is 0 Å². The molecule has 27 heavy (non-hydrogen) atoms. The molecule has 0 saturated carbocycles. The summed E-state index contributed by atoms with van der Waals surface area (Å²) in [5.74, 6) is -0.0994. The van der Waals surface area contributed by atoms with Crippen molar-refractivity contribution in [2.75, 3.05) is 25.5 Å². The van der Waals surface area contributed by atoms with Crippen LogP contribution >= 0.6 is 12.4 Å². The number of methoxy groups -OCH3 is 1. The van der Waals surface area contributed by atoms with Crippen molar-refractivity contribution in [2.45, 2.75) is 51.0 Å². The van der Waals surface area contributed by atoms with E-state index in [0.29, 0.717) is 18.8 Å². The van der Waals surface area contributed by atoms with Crippen molar-refractivity contribution in [1.82, 2.24) is 4.31 Å². The molecule has 1 amide bonds. The van der Waals surface area contributed by atoms with Crippen LogP contribution in [0, 0.1) is 5.41 Å². The predicted molar refractivity (Wildman–Crippen MR) is 109 cm³/mol. The molecular weight excluding hydrogens is 390 g/mol. The van der Waals surface area contributed by atoms with Gasteiger partial charge >= 0.3 is 0 Å². The molecule has 0 aliphatic carbocycles. The lowest BCUT2D eigenvalue weighted by atomic mass is 9.87. The third kappa shape index (κ3) is 5.57. The standard InChI is InChI=1S/C18H29N3O4S.ClH/c1-18(2,3)16(19)17(22)20-13-8-9-14(25-4)15(12-13)26(23,24)21-10-6-5-7-11-21;/h8-9,12,16H,5-7,10-11,19H2,1-4H3,(H,20,22);1H/t16-;/m1./s1. The highest BCUT2D eigenvalue weighted by molar-refractivity contribution is 7.89. The third-order valence-corrected chi connectivity index (χ3v) is 6.50. The van der Waals surface area contributed by atoms with Crippen LogP contribution in [0.15, 0.2) is 23.1 Å². The number of rotatable bonds is 5. The number of ether oxygens (including phenoxy) is 1. The highest BCUT2D eigenvalue weighted by Gasteiger charge is 2.30. The molecule has 3 N–H and O–H groups in total. The minimum absolute atomic E-state index is 0. The molecule has 1 aliphatic rings. The van der Waals surface area contributed by atoms with Crippen molar-refractivity contribution < 1.29 is 17.9 Å². The van der Waals surface area contributed by atoms with Gasteiger partial charge in [0.25, 0.3) is 0 Å². The summed E-state index contributed by atoms with van der Waals surface area (Å²) >= 11 is 0. The molecule has 1 heterocycles. The van der Waals surface area contributed by atoms with E-state index in [2.05, 4.69) is 5.32 Å². The van der Waals surface area contributed by atoms with Gasteiger partial charge in [0.1, 0.15) is 10.6 Å². The van der Waals surface area contributed by atoms with Gasteiger partial charge in [-0.3, -0.25) is 4.79 Å². The number of sulfonamides is 1. The van der Waals surface area contributed by atoms with Crippen molar-refractivity contribution >= 4 is 34.0 Å². The van der Waals surface area contributed by atoms with Gasteiger partial charge in [0, 0.05) is 18.8 Å². The molecule has 0 radical (unpaired) electrons. The largest absolute Gasteiger partial charge is 0.495 e. The molecule has 1 aliphatic heterocycles. The number of carbonyl (C=O) groups is 1. The second-order valence-corrected chi connectivity index (χ2v) is 9.57. The number of nitrogens with one attached hydrogen (secondary N) is 1. The molecule has 154 valence electrons. The number of hydrogen-bond donors (Lipinski definition) is 2. The summed E-state index contributed by atoms with van der Waals surface area (Å²) in [7, 11) is -2.26. The Morgan fingerprint density at radius 1 is 1.22 bits per heavy atom. The van der Waals surface area contributed by atoms with E-state index in [-0.39, 0.29) is 29.0 Å². The lowest BCUT2D eigenvalue weighted by Crippen LogP contribution is -2.45. The van der Waals surface area contributed by atoms with Crippen LogP contribution in [0.2, 0.25) is 0 Å². The number of anilines is 1. The molecule has 1 atom stereocenters.